The van der Waals surface area contributed by atoms with Gasteiger partial charge in [-0.3, -0.25) is 0 Å². The third kappa shape index (κ3) is 1.49. The molecule has 0 atom stereocenters. The molecule has 1 saturated heterocycles. The summed E-state index contributed by atoms with van der Waals surface area (Å²) < 4.78 is 0. The fraction of sp³-hybridized carbons (Fsp3) is 1.00. The lowest BCUT2D eigenvalue weighted by atomic mass is 10.9. The zero-order chi connectivity index (χ0) is 4.24. The Bertz CT molecular complexity index is 23.0. The second-order valence-electron chi connectivity index (χ2n) is 1.36. The topological polar surface area (TPSA) is 0 Å². The van der Waals surface area contributed by atoms with E-state index in [4.69, 9.17) is 0 Å². The van der Waals surface area contributed by atoms with Crippen LogP contribution in [0.3, 0.4) is 0 Å². The van der Waals surface area contributed by atoms with Gasteiger partial charge in [0.25, 0.3) is 0 Å². The Morgan fingerprint density at radius 3 is 2.00 bits per heavy atom. The lowest BCUT2D eigenvalue weighted by Gasteiger charge is -2.06. The van der Waals surface area contributed by atoms with Gasteiger partial charge < -0.3 is 0 Å². The van der Waals surface area contributed by atoms with E-state index in [1.54, 1.807) is 0 Å². The number of rotatable bonds is 0. The Morgan fingerprint density at radius 2 is 1.83 bits per heavy atom. The van der Waals surface area contributed by atoms with Crippen LogP contribution in [0.1, 0.15) is 0 Å². The van der Waals surface area contributed by atoms with Gasteiger partial charge in [-0.05, 0) is 23.8 Å². The second kappa shape index (κ2) is 2.87. The highest BCUT2D eigenvalue weighted by Gasteiger charge is 1.95. The molecule has 0 aliphatic carbocycles. The molecule has 0 aromatic carbocycles. The molecule has 2 heteroatoms. The number of hydrogen-bond acceptors (Lipinski definition) is 1. The lowest BCUT2D eigenvalue weighted by molar-refractivity contribution is 1.41. The van der Waals surface area contributed by atoms with Crippen molar-refractivity contribution in [1.29, 1.82) is 0 Å². The van der Waals surface area contributed by atoms with E-state index in [-0.39, 0.29) is 0 Å². The molecule has 0 N–H and O–H groups in total. The van der Waals surface area contributed by atoms with Crippen LogP contribution in [0.4, 0.5) is 0 Å². The van der Waals surface area contributed by atoms with Crippen molar-refractivity contribution in [2.45, 2.75) is 0 Å². The molecule has 1 aliphatic heterocycles. The third-order valence-corrected chi connectivity index (χ3v) is 3.76. The summed E-state index contributed by atoms with van der Waals surface area (Å²) in [6.45, 7) is 0. The fourth-order valence-corrected chi connectivity index (χ4v) is 3.28. The van der Waals surface area contributed by atoms with Crippen molar-refractivity contribution >= 4 is 20.3 Å². The summed E-state index contributed by atoms with van der Waals surface area (Å²) in [6.07, 6.45) is 2.98. The molecule has 0 spiro atoms. The molecule has 0 unspecified atom stereocenters. The molecule has 1 aliphatic rings. The summed E-state index contributed by atoms with van der Waals surface area (Å²) in [4.78, 5) is 0. The molecule has 1 heterocycles. The largest absolute Gasteiger partial charge is 0.161 e. The van der Waals surface area contributed by atoms with Gasteiger partial charge in [-0.25, -0.2) is 0 Å². The summed E-state index contributed by atoms with van der Waals surface area (Å²) in [5.74, 6) is 2.86. The average Bonchev–Trinajstić information content (AvgIpc) is 1.72. The number of thioether (sulfide) groups is 1. The molecule has 1 rings (SSSR count). The van der Waals surface area contributed by atoms with E-state index < -0.39 is 0 Å². The molecule has 0 aromatic rings. The van der Waals surface area contributed by atoms with Crippen molar-refractivity contribution in [3.8, 4) is 0 Å². The van der Waals surface area contributed by atoms with Crippen molar-refractivity contribution in [3.05, 3.63) is 0 Å². The van der Waals surface area contributed by atoms with E-state index in [1.165, 1.54) is 32.4 Å². The highest BCUT2D eigenvalue weighted by Crippen LogP contribution is 2.20. The fourth-order valence-electron chi connectivity index (χ4n) is 0.516. The molecule has 0 saturated carbocycles. The first-order valence-electron chi connectivity index (χ1n) is 2.28. The average molecular weight is 120 g/mol. The van der Waals surface area contributed by atoms with E-state index in [2.05, 4.69) is 11.8 Å². The van der Waals surface area contributed by atoms with Crippen molar-refractivity contribution in [3.63, 3.8) is 0 Å². The first-order chi connectivity index (χ1) is 3.00. The Kier molecular flexibility index (Phi) is 2.36. The van der Waals surface area contributed by atoms with Crippen molar-refractivity contribution in [2.24, 2.45) is 0 Å². The van der Waals surface area contributed by atoms with Crippen LogP contribution in [0.25, 0.3) is 0 Å². The third-order valence-electron chi connectivity index (χ3n) is 0.846. The van der Waals surface area contributed by atoms with Crippen LogP contribution in [-0.2, 0) is 0 Å². The van der Waals surface area contributed by atoms with Gasteiger partial charge in [0.15, 0.2) is 0 Å². The summed E-state index contributed by atoms with van der Waals surface area (Å²) in [7, 11) is 1.28. The van der Waals surface area contributed by atoms with Crippen LogP contribution in [0.2, 0.25) is 0 Å². The smallest absolute Gasteiger partial charge is 0.00304 e. The minimum atomic E-state index is 1.28. The lowest BCUT2D eigenvalue weighted by Crippen LogP contribution is -1.94. The Balaban J connectivity index is 2.00. The minimum absolute atomic E-state index is 1.28. The molecule has 0 amide bonds. The maximum Gasteiger partial charge on any atom is -0.00304 e. The molecule has 0 aromatic heterocycles. The van der Waals surface area contributed by atoms with Crippen LogP contribution in [0.15, 0.2) is 0 Å². The van der Waals surface area contributed by atoms with Crippen LogP contribution >= 0.6 is 20.3 Å². The summed E-state index contributed by atoms with van der Waals surface area (Å²) in [5, 5.41) is 0. The first kappa shape index (κ1) is 4.93. The second-order valence-corrected chi connectivity index (χ2v) is 4.09. The van der Waals surface area contributed by atoms with Crippen molar-refractivity contribution in [2.75, 3.05) is 23.8 Å². The van der Waals surface area contributed by atoms with E-state index in [0.29, 0.717) is 0 Å². The Labute approximate surface area is 44.9 Å². The normalized spacial score (nSPS) is 24.0. The summed E-state index contributed by atoms with van der Waals surface area (Å²) in [5.41, 5.74) is 0. The van der Waals surface area contributed by atoms with Crippen LogP contribution in [-0.4, -0.2) is 23.8 Å². The van der Waals surface area contributed by atoms with Crippen molar-refractivity contribution < 1.29 is 0 Å². The van der Waals surface area contributed by atoms with Gasteiger partial charge in [0.1, 0.15) is 0 Å². The van der Waals surface area contributed by atoms with E-state index in [0.717, 1.165) is 0 Å². The SMILES string of the molecule is C1CSCCP1. The predicted octanol–water partition coefficient (Wildman–Crippen LogP) is 1.41. The van der Waals surface area contributed by atoms with Gasteiger partial charge >= 0.3 is 0 Å². The Hall–Kier alpha value is 0.780. The predicted molar refractivity (Wildman–Crippen MR) is 35.4 cm³/mol. The quantitative estimate of drug-likeness (QED) is 0.435. The van der Waals surface area contributed by atoms with E-state index in [9.17, 15) is 0 Å². The monoisotopic (exact) mass is 120 g/mol. The minimum Gasteiger partial charge on any atom is -0.161 e. The van der Waals surface area contributed by atoms with Crippen LogP contribution < -0.4 is 0 Å². The maximum absolute atomic E-state index is 2.10. The van der Waals surface area contributed by atoms with Gasteiger partial charge in [-0.2, -0.15) is 11.8 Å². The summed E-state index contributed by atoms with van der Waals surface area (Å²) in [6, 6.07) is 0. The van der Waals surface area contributed by atoms with E-state index in [1.807, 2.05) is 0 Å². The molecular formula is C4H9PS. The highest BCUT2D eigenvalue weighted by molar-refractivity contribution is 8.00. The molecule has 36 valence electrons. The molecule has 0 nitrogen and oxygen atoms in total. The zero-order valence-electron chi connectivity index (χ0n) is 3.74. The van der Waals surface area contributed by atoms with Gasteiger partial charge in [-0.15, -0.1) is 8.58 Å². The van der Waals surface area contributed by atoms with Gasteiger partial charge in [0.2, 0.25) is 0 Å². The first-order valence-corrected chi connectivity index (χ1v) is 4.85. The van der Waals surface area contributed by atoms with Gasteiger partial charge in [0.05, 0.1) is 0 Å². The van der Waals surface area contributed by atoms with Gasteiger partial charge in [0, 0.05) is 0 Å². The summed E-state index contributed by atoms with van der Waals surface area (Å²) >= 11 is 2.10. The van der Waals surface area contributed by atoms with E-state index >= 15 is 0 Å². The molecule has 6 heavy (non-hydrogen) atoms. The van der Waals surface area contributed by atoms with Gasteiger partial charge in [-0.1, -0.05) is 0 Å². The maximum atomic E-state index is 2.10. The molecule has 0 bridgehead atoms. The highest BCUT2D eigenvalue weighted by atomic mass is 32.2. The standard InChI is InChI=1S/C4H9PS/c1-3-6-4-2-5-1/h5H,1-4H2. The zero-order valence-corrected chi connectivity index (χ0v) is 5.55. The van der Waals surface area contributed by atoms with Crippen LogP contribution in [0.5, 0.6) is 0 Å². The Morgan fingerprint density at radius 1 is 1.17 bits per heavy atom. The molecular weight excluding hydrogens is 111 g/mol. The van der Waals surface area contributed by atoms with Crippen molar-refractivity contribution in [1.82, 2.24) is 0 Å². The molecule has 0 radical (unpaired) electrons. The van der Waals surface area contributed by atoms with Crippen LogP contribution in [0, 0.1) is 0 Å². The molecule has 1 fully saturated rings. The number of hydrogen-bond donors (Lipinski definition) is 0.